The van der Waals surface area contributed by atoms with Crippen molar-refractivity contribution < 1.29 is 4.74 Å². The SMILES string of the molecule is COC(C)CNC1CC=CCC1. The minimum Gasteiger partial charge on any atom is -0.380 e. The van der Waals surface area contributed by atoms with Gasteiger partial charge in [0.2, 0.25) is 0 Å². The highest BCUT2D eigenvalue weighted by Crippen LogP contribution is 2.10. The molecule has 1 aliphatic rings. The summed E-state index contributed by atoms with van der Waals surface area (Å²) >= 11 is 0. The fourth-order valence-corrected chi connectivity index (χ4v) is 1.39. The van der Waals surface area contributed by atoms with Gasteiger partial charge in [0, 0.05) is 19.7 Å². The third kappa shape index (κ3) is 3.37. The maximum Gasteiger partial charge on any atom is 0.0667 e. The van der Waals surface area contributed by atoms with Gasteiger partial charge in [-0.1, -0.05) is 12.2 Å². The summed E-state index contributed by atoms with van der Waals surface area (Å²) in [5.41, 5.74) is 0. The minimum atomic E-state index is 0.330. The van der Waals surface area contributed by atoms with E-state index in [-0.39, 0.29) is 0 Å². The zero-order valence-electron chi connectivity index (χ0n) is 8.05. The van der Waals surface area contributed by atoms with Crippen LogP contribution in [0.5, 0.6) is 0 Å². The summed E-state index contributed by atoms with van der Waals surface area (Å²) in [6.07, 6.45) is 8.52. The summed E-state index contributed by atoms with van der Waals surface area (Å²) in [4.78, 5) is 0. The Kier molecular flexibility index (Phi) is 4.33. The van der Waals surface area contributed by atoms with Crippen LogP contribution < -0.4 is 5.32 Å². The molecule has 2 nitrogen and oxygen atoms in total. The first kappa shape index (κ1) is 9.75. The molecule has 2 unspecified atom stereocenters. The van der Waals surface area contributed by atoms with Gasteiger partial charge in [0.25, 0.3) is 0 Å². The summed E-state index contributed by atoms with van der Waals surface area (Å²) < 4.78 is 5.16. The van der Waals surface area contributed by atoms with Crippen molar-refractivity contribution in [1.82, 2.24) is 5.32 Å². The van der Waals surface area contributed by atoms with E-state index < -0.39 is 0 Å². The number of allylic oxidation sites excluding steroid dienone is 1. The normalized spacial score (nSPS) is 25.7. The molecule has 0 aromatic heterocycles. The zero-order valence-corrected chi connectivity index (χ0v) is 8.05. The molecule has 0 fully saturated rings. The Morgan fingerprint density at radius 2 is 2.42 bits per heavy atom. The first-order chi connectivity index (χ1) is 5.83. The molecule has 0 amide bonds. The standard InChI is InChI=1S/C10H19NO/c1-9(12-2)8-11-10-6-4-3-5-7-10/h3-4,9-11H,5-8H2,1-2H3. The van der Waals surface area contributed by atoms with Gasteiger partial charge in [-0.2, -0.15) is 0 Å². The smallest absolute Gasteiger partial charge is 0.0667 e. The zero-order chi connectivity index (χ0) is 8.81. The molecule has 70 valence electrons. The van der Waals surface area contributed by atoms with Gasteiger partial charge in [0.05, 0.1) is 6.10 Å². The number of hydrogen-bond acceptors (Lipinski definition) is 2. The van der Waals surface area contributed by atoms with E-state index in [9.17, 15) is 0 Å². The lowest BCUT2D eigenvalue weighted by Gasteiger charge is -2.21. The van der Waals surface area contributed by atoms with E-state index >= 15 is 0 Å². The van der Waals surface area contributed by atoms with Gasteiger partial charge >= 0.3 is 0 Å². The fraction of sp³-hybridized carbons (Fsp3) is 0.800. The average molecular weight is 169 g/mol. The van der Waals surface area contributed by atoms with Gasteiger partial charge in [-0.15, -0.1) is 0 Å². The molecule has 0 spiro atoms. The Morgan fingerprint density at radius 1 is 1.58 bits per heavy atom. The number of methoxy groups -OCH3 is 1. The van der Waals surface area contributed by atoms with Crippen molar-refractivity contribution >= 4 is 0 Å². The molecule has 2 heteroatoms. The van der Waals surface area contributed by atoms with Gasteiger partial charge in [0.15, 0.2) is 0 Å². The Morgan fingerprint density at radius 3 is 3.00 bits per heavy atom. The van der Waals surface area contributed by atoms with Crippen LogP contribution in [0.4, 0.5) is 0 Å². The molecule has 0 bridgehead atoms. The molecule has 0 radical (unpaired) electrons. The molecule has 0 aromatic carbocycles. The second kappa shape index (κ2) is 5.33. The lowest BCUT2D eigenvalue weighted by molar-refractivity contribution is 0.114. The Labute approximate surface area is 75.0 Å². The van der Waals surface area contributed by atoms with Gasteiger partial charge in [-0.3, -0.25) is 0 Å². The highest BCUT2D eigenvalue weighted by Gasteiger charge is 2.09. The van der Waals surface area contributed by atoms with Gasteiger partial charge in [0.1, 0.15) is 0 Å². The average Bonchev–Trinajstić information content (AvgIpc) is 2.16. The summed E-state index contributed by atoms with van der Waals surface area (Å²) in [6, 6.07) is 0.674. The second-order valence-corrected chi connectivity index (χ2v) is 3.44. The highest BCUT2D eigenvalue weighted by molar-refractivity contribution is 4.92. The van der Waals surface area contributed by atoms with Crippen molar-refractivity contribution in [3.05, 3.63) is 12.2 Å². The molecule has 0 heterocycles. The maximum absolute atomic E-state index is 5.16. The lowest BCUT2D eigenvalue weighted by atomic mass is 10.0. The number of ether oxygens (including phenoxy) is 1. The van der Waals surface area contributed by atoms with Crippen LogP contribution >= 0.6 is 0 Å². The van der Waals surface area contributed by atoms with Crippen molar-refractivity contribution in [2.45, 2.75) is 38.3 Å². The number of rotatable bonds is 4. The molecule has 1 aliphatic carbocycles. The van der Waals surface area contributed by atoms with Gasteiger partial charge < -0.3 is 10.1 Å². The summed E-state index contributed by atoms with van der Waals surface area (Å²) in [5.74, 6) is 0. The molecular weight excluding hydrogens is 150 g/mol. The molecule has 0 saturated heterocycles. The third-order valence-electron chi connectivity index (χ3n) is 2.37. The topological polar surface area (TPSA) is 21.3 Å². The van der Waals surface area contributed by atoms with Crippen LogP contribution in [0.1, 0.15) is 26.2 Å². The predicted octanol–water partition coefficient (Wildman–Crippen LogP) is 1.72. The summed E-state index contributed by atoms with van der Waals surface area (Å²) in [7, 11) is 1.76. The Hall–Kier alpha value is -0.340. The van der Waals surface area contributed by atoms with E-state index in [1.807, 2.05) is 0 Å². The van der Waals surface area contributed by atoms with Gasteiger partial charge in [-0.25, -0.2) is 0 Å². The van der Waals surface area contributed by atoms with Crippen LogP contribution in [-0.4, -0.2) is 25.8 Å². The fourth-order valence-electron chi connectivity index (χ4n) is 1.39. The number of nitrogens with one attached hydrogen (secondary N) is 1. The van der Waals surface area contributed by atoms with E-state index in [0.29, 0.717) is 12.1 Å². The van der Waals surface area contributed by atoms with E-state index in [1.54, 1.807) is 7.11 Å². The maximum atomic E-state index is 5.16. The van der Waals surface area contributed by atoms with E-state index in [0.717, 1.165) is 6.54 Å². The second-order valence-electron chi connectivity index (χ2n) is 3.44. The van der Waals surface area contributed by atoms with Crippen LogP contribution in [-0.2, 0) is 4.74 Å². The summed E-state index contributed by atoms with van der Waals surface area (Å²) in [6.45, 7) is 3.06. The van der Waals surface area contributed by atoms with Crippen LogP contribution in [0, 0.1) is 0 Å². The lowest BCUT2D eigenvalue weighted by Crippen LogP contribution is -2.35. The van der Waals surface area contributed by atoms with Crippen molar-refractivity contribution in [2.75, 3.05) is 13.7 Å². The monoisotopic (exact) mass is 169 g/mol. The number of hydrogen-bond donors (Lipinski definition) is 1. The van der Waals surface area contributed by atoms with E-state index in [1.165, 1.54) is 19.3 Å². The van der Waals surface area contributed by atoms with Crippen molar-refractivity contribution in [3.8, 4) is 0 Å². The predicted molar refractivity (Wildman–Crippen MR) is 51.3 cm³/mol. The summed E-state index contributed by atoms with van der Waals surface area (Å²) in [5, 5.41) is 3.50. The van der Waals surface area contributed by atoms with E-state index in [4.69, 9.17) is 4.74 Å². The minimum absolute atomic E-state index is 0.330. The molecule has 2 atom stereocenters. The third-order valence-corrected chi connectivity index (χ3v) is 2.37. The van der Waals surface area contributed by atoms with Crippen LogP contribution in [0.15, 0.2) is 12.2 Å². The highest BCUT2D eigenvalue weighted by atomic mass is 16.5. The first-order valence-corrected chi connectivity index (χ1v) is 4.74. The molecule has 1 N–H and O–H groups in total. The molecule has 0 aliphatic heterocycles. The Balaban J connectivity index is 2.10. The van der Waals surface area contributed by atoms with Crippen molar-refractivity contribution in [1.29, 1.82) is 0 Å². The molecule has 1 rings (SSSR count). The quantitative estimate of drug-likeness (QED) is 0.647. The van der Waals surface area contributed by atoms with Crippen LogP contribution in [0.3, 0.4) is 0 Å². The Bertz CT molecular complexity index is 145. The van der Waals surface area contributed by atoms with Crippen LogP contribution in [0.2, 0.25) is 0 Å². The molecule has 12 heavy (non-hydrogen) atoms. The molecule has 0 saturated carbocycles. The van der Waals surface area contributed by atoms with Gasteiger partial charge in [-0.05, 0) is 26.2 Å². The van der Waals surface area contributed by atoms with Crippen molar-refractivity contribution in [3.63, 3.8) is 0 Å². The molecular formula is C10H19NO. The molecule has 0 aromatic rings. The first-order valence-electron chi connectivity index (χ1n) is 4.74. The van der Waals surface area contributed by atoms with Crippen LogP contribution in [0.25, 0.3) is 0 Å². The largest absolute Gasteiger partial charge is 0.380 e. The van der Waals surface area contributed by atoms with E-state index in [2.05, 4.69) is 24.4 Å². The van der Waals surface area contributed by atoms with Crippen molar-refractivity contribution in [2.24, 2.45) is 0 Å².